The van der Waals surface area contributed by atoms with Gasteiger partial charge in [-0.2, -0.15) is 0 Å². The molecule has 1 saturated heterocycles. The third-order valence-electron chi connectivity index (χ3n) is 4.62. The number of nitrogens with one attached hydrogen (secondary N) is 1. The summed E-state index contributed by atoms with van der Waals surface area (Å²) in [4.78, 5) is 30.6. The summed E-state index contributed by atoms with van der Waals surface area (Å²) in [5.74, 6) is -1.52. The molecule has 1 aliphatic rings. The van der Waals surface area contributed by atoms with E-state index in [1.165, 1.54) is 0 Å². The number of thiazole rings is 1. The fourth-order valence-electron chi connectivity index (χ4n) is 3.22. The van der Waals surface area contributed by atoms with Gasteiger partial charge in [0.1, 0.15) is 0 Å². The molecule has 2 unspecified atom stereocenters. The van der Waals surface area contributed by atoms with Gasteiger partial charge in [-0.1, -0.05) is 30.3 Å². The average molecular weight is 408 g/mol. The molecule has 1 fully saturated rings. The summed E-state index contributed by atoms with van der Waals surface area (Å²) in [6, 6.07) is 9.34. The van der Waals surface area contributed by atoms with E-state index < -0.39 is 21.8 Å². The van der Waals surface area contributed by atoms with Gasteiger partial charge in [0.15, 0.2) is 4.21 Å². The second-order valence-corrected chi connectivity index (χ2v) is 9.69. The lowest BCUT2D eigenvalue weighted by molar-refractivity contribution is -0.130. The predicted molar refractivity (Wildman–Crippen MR) is 102 cm³/mol. The normalized spacial score (nSPS) is 18.6. The fraction of sp³-hybridized carbons (Fsp3) is 0.389. The summed E-state index contributed by atoms with van der Waals surface area (Å²) in [6.45, 7) is 5.38. The highest BCUT2D eigenvalue weighted by molar-refractivity contribution is 7.92. The van der Waals surface area contributed by atoms with E-state index in [0.717, 1.165) is 16.9 Å². The van der Waals surface area contributed by atoms with E-state index in [4.69, 9.17) is 0 Å². The number of hydrogen-bond donors (Lipinski definition) is 1. The van der Waals surface area contributed by atoms with Crippen molar-refractivity contribution in [1.29, 1.82) is 0 Å². The highest BCUT2D eigenvalue weighted by atomic mass is 32.2. The number of carbonyl (C=O) groups is 2. The maximum absolute atomic E-state index is 12.5. The van der Waals surface area contributed by atoms with Gasteiger partial charge in [0.2, 0.25) is 11.8 Å². The van der Waals surface area contributed by atoms with Crippen molar-refractivity contribution in [2.75, 3.05) is 6.54 Å². The summed E-state index contributed by atoms with van der Waals surface area (Å²) in [7, 11) is -3.99. The first-order valence-electron chi connectivity index (χ1n) is 8.54. The topological polar surface area (TPSA) is 96.4 Å². The predicted octanol–water partition coefficient (Wildman–Crippen LogP) is 2.17. The number of carbonyl (C=O) groups excluding carboxylic acids is 2. The monoisotopic (exact) mass is 407 g/mol. The lowest BCUT2D eigenvalue weighted by Crippen LogP contribution is -2.37. The maximum Gasteiger partial charge on any atom is 0.275 e. The smallest absolute Gasteiger partial charge is 0.275 e. The molecule has 144 valence electrons. The Hall–Kier alpha value is -2.26. The van der Waals surface area contributed by atoms with Gasteiger partial charge in [0.05, 0.1) is 22.7 Å². The Morgan fingerprint density at radius 2 is 1.96 bits per heavy atom. The number of rotatable bonds is 5. The molecule has 2 aromatic rings. The van der Waals surface area contributed by atoms with Crippen LogP contribution in [0.3, 0.4) is 0 Å². The lowest BCUT2D eigenvalue weighted by atomic mass is 10.1. The van der Waals surface area contributed by atoms with E-state index in [-0.39, 0.29) is 29.1 Å². The zero-order valence-electron chi connectivity index (χ0n) is 15.3. The molecule has 2 atom stereocenters. The summed E-state index contributed by atoms with van der Waals surface area (Å²) < 4.78 is 27.1. The number of benzene rings is 1. The standard InChI is InChI=1S/C18H21N3O4S2/c1-11-18(26-13(3)19-11)27(24,25)20-17(23)15-9-16(22)21(10-15)12(2)14-7-5-4-6-8-14/h4-8,12,15H,9-10H2,1-3H3,(H,20,23). The summed E-state index contributed by atoms with van der Waals surface area (Å²) in [5.41, 5.74) is 1.33. The Kier molecular flexibility index (Phi) is 5.34. The molecule has 3 rings (SSSR count). The van der Waals surface area contributed by atoms with Gasteiger partial charge >= 0.3 is 0 Å². The molecule has 1 aliphatic heterocycles. The van der Waals surface area contributed by atoms with Crippen LogP contribution in [0.5, 0.6) is 0 Å². The molecule has 1 N–H and O–H groups in total. The van der Waals surface area contributed by atoms with Gasteiger partial charge in [-0.25, -0.2) is 18.1 Å². The molecule has 0 radical (unpaired) electrons. The van der Waals surface area contributed by atoms with Crippen LogP contribution in [0.1, 0.15) is 35.7 Å². The molecule has 1 aromatic heterocycles. The summed E-state index contributed by atoms with van der Waals surface area (Å²) in [5, 5.41) is 0.610. The van der Waals surface area contributed by atoms with Crippen LogP contribution in [0.2, 0.25) is 0 Å². The van der Waals surface area contributed by atoms with Gasteiger partial charge in [-0.05, 0) is 26.3 Å². The molecule has 0 aliphatic carbocycles. The van der Waals surface area contributed by atoms with Crippen molar-refractivity contribution in [3.63, 3.8) is 0 Å². The van der Waals surface area contributed by atoms with Crippen molar-refractivity contribution >= 4 is 33.2 Å². The Morgan fingerprint density at radius 3 is 2.56 bits per heavy atom. The number of nitrogens with zero attached hydrogens (tertiary/aromatic N) is 2. The molecule has 1 aromatic carbocycles. The van der Waals surface area contributed by atoms with E-state index in [1.807, 2.05) is 37.3 Å². The SMILES string of the molecule is Cc1nc(C)c(S(=O)(=O)NC(=O)C2CC(=O)N(C(C)c3ccccc3)C2)s1. The Balaban J connectivity index is 1.71. The quantitative estimate of drug-likeness (QED) is 0.819. The molecule has 27 heavy (non-hydrogen) atoms. The number of sulfonamides is 1. The number of likely N-dealkylation sites (tertiary alicyclic amines) is 1. The average Bonchev–Trinajstić information content (AvgIpc) is 3.17. The Morgan fingerprint density at radius 1 is 1.30 bits per heavy atom. The van der Waals surface area contributed by atoms with E-state index in [1.54, 1.807) is 18.7 Å². The van der Waals surface area contributed by atoms with Crippen LogP contribution in [0, 0.1) is 19.8 Å². The third kappa shape index (κ3) is 4.03. The van der Waals surface area contributed by atoms with Gasteiger partial charge in [0.25, 0.3) is 10.0 Å². The number of amides is 2. The van der Waals surface area contributed by atoms with Crippen LogP contribution in [-0.4, -0.2) is 36.7 Å². The van der Waals surface area contributed by atoms with Crippen LogP contribution in [0.4, 0.5) is 0 Å². The Bertz CT molecular complexity index is 970. The molecule has 9 heteroatoms. The fourth-order valence-corrected chi connectivity index (χ4v) is 5.75. The van der Waals surface area contributed by atoms with Crippen LogP contribution in [0.25, 0.3) is 0 Å². The molecule has 2 heterocycles. The minimum atomic E-state index is -3.99. The first-order valence-corrected chi connectivity index (χ1v) is 10.8. The minimum Gasteiger partial charge on any atom is -0.335 e. The first kappa shape index (κ1) is 19.5. The van der Waals surface area contributed by atoms with E-state index in [9.17, 15) is 18.0 Å². The molecule has 7 nitrogen and oxygen atoms in total. The highest BCUT2D eigenvalue weighted by Crippen LogP contribution is 2.29. The highest BCUT2D eigenvalue weighted by Gasteiger charge is 2.38. The maximum atomic E-state index is 12.5. The van der Waals surface area contributed by atoms with Crippen molar-refractivity contribution < 1.29 is 18.0 Å². The zero-order valence-corrected chi connectivity index (χ0v) is 16.9. The largest absolute Gasteiger partial charge is 0.335 e. The number of aromatic nitrogens is 1. The third-order valence-corrected chi connectivity index (χ3v) is 7.65. The minimum absolute atomic E-state index is 0.000767. The van der Waals surface area contributed by atoms with Crippen LogP contribution in [0.15, 0.2) is 34.5 Å². The van der Waals surface area contributed by atoms with E-state index >= 15 is 0 Å². The molecule has 0 spiro atoms. The first-order chi connectivity index (χ1) is 12.7. The van der Waals surface area contributed by atoms with Crippen molar-refractivity contribution in [2.24, 2.45) is 5.92 Å². The summed E-state index contributed by atoms with van der Waals surface area (Å²) >= 11 is 1.02. The lowest BCUT2D eigenvalue weighted by Gasteiger charge is -2.25. The molecular weight excluding hydrogens is 386 g/mol. The van der Waals surface area contributed by atoms with Crippen molar-refractivity contribution in [1.82, 2.24) is 14.6 Å². The van der Waals surface area contributed by atoms with Gasteiger partial charge < -0.3 is 4.90 Å². The summed E-state index contributed by atoms with van der Waals surface area (Å²) in [6.07, 6.45) is -0.000767. The Labute approximate surface area is 162 Å². The van der Waals surface area contributed by atoms with Crippen molar-refractivity contribution in [3.8, 4) is 0 Å². The van der Waals surface area contributed by atoms with Gasteiger partial charge in [-0.15, -0.1) is 11.3 Å². The van der Waals surface area contributed by atoms with E-state index in [2.05, 4.69) is 9.71 Å². The van der Waals surface area contributed by atoms with Gasteiger partial charge in [-0.3, -0.25) is 9.59 Å². The van der Waals surface area contributed by atoms with E-state index in [0.29, 0.717) is 10.7 Å². The van der Waals surface area contributed by atoms with Crippen molar-refractivity contribution in [3.05, 3.63) is 46.6 Å². The molecule has 0 bridgehead atoms. The molecular formula is C18H21N3O4S2. The van der Waals surface area contributed by atoms with Crippen LogP contribution < -0.4 is 4.72 Å². The number of aryl methyl sites for hydroxylation is 2. The van der Waals surface area contributed by atoms with Crippen LogP contribution in [-0.2, 0) is 19.6 Å². The second kappa shape index (κ2) is 7.40. The van der Waals surface area contributed by atoms with Gasteiger partial charge in [0, 0.05) is 13.0 Å². The van der Waals surface area contributed by atoms with Crippen molar-refractivity contribution in [2.45, 2.75) is 37.4 Å². The molecule has 2 amide bonds. The zero-order chi connectivity index (χ0) is 19.8. The van der Waals surface area contributed by atoms with Crippen LogP contribution >= 0.6 is 11.3 Å². The molecule has 0 saturated carbocycles. The number of hydrogen-bond acceptors (Lipinski definition) is 6. The second-order valence-electron chi connectivity index (χ2n) is 6.61.